The molecule has 0 radical (unpaired) electrons. The van der Waals surface area contributed by atoms with Crippen LogP contribution >= 0.6 is 11.6 Å². The topological polar surface area (TPSA) is 76.5 Å². The number of hydrogen-bond acceptors (Lipinski definition) is 4. The van der Waals surface area contributed by atoms with Gasteiger partial charge in [-0.2, -0.15) is 0 Å². The van der Waals surface area contributed by atoms with Crippen molar-refractivity contribution in [2.45, 2.75) is 12.5 Å². The van der Waals surface area contributed by atoms with Gasteiger partial charge in [0, 0.05) is 16.6 Å². The molecule has 0 aliphatic heterocycles. The molecule has 0 amide bonds. The van der Waals surface area contributed by atoms with Gasteiger partial charge < -0.3 is 15.3 Å². The summed E-state index contributed by atoms with van der Waals surface area (Å²) in [7, 11) is 0. The van der Waals surface area contributed by atoms with E-state index < -0.39 is 6.04 Å². The molecule has 0 saturated heterocycles. The van der Waals surface area contributed by atoms with E-state index in [0.29, 0.717) is 21.6 Å². The second-order valence-electron chi connectivity index (χ2n) is 3.88. The minimum Gasteiger partial charge on any atom is -0.464 e. The molecule has 4 nitrogen and oxygen atoms in total. The molecule has 1 aromatic heterocycles. The average Bonchev–Trinajstić information content (AvgIpc) is 2.33. The Balaban J connectivity index is 2.53. The molecule has 0 spiro atoms. The number of rotatable bonds is 3. The van der Waals surface area contributed by atoms with Crippen LogP contribution in [-0.4, -0.2) is 17.8 Å². The zero-order valence-corrected chi connectivity index (χ0v) is 9.78. The molecular formula is C12H12ClNO3. The number of benzene rings is 1. The summed E-state index contributed by atoms with van der Waals surface area (Å²) < 4.78 is 5.33. The molecule has 2 aromatic rings. The van der Waals surface area contributed by atoms with Gasteiger partial charge in [-0.15, -0.1) is 0 Å². The van der Waals surface area contributed by atoms with E-state index in [1.165, 1.54) is 6.26 Å². The Morgan fingerprint density at radius 1 is 1.47 bits per heavy atom. The fourth-order valence-corrected chi connectivity index (χ4v) is 1.80. The van der Waals surface area contributed by atoms with Crippen LogP contribution in [0.25, 0.3) is 11.0 Å². The summed E-state index contributed by atoms with van der Waals surface area (Å²) in [5, 5.41) is 9.78. The van der Waals surface area contributed by atoms with Crippen LogP contribution in [0.3, 0.4) is 0 Å². The number of aliphatic hydroxyl groups excluding tert-OH is 1. The van der Waals surface area contributed by atoms with Gasteiger partial charge in [-0.1, -0.05) is 11.6 Å². The monoisotopic (exact) mass is 253 g/mol. The number of nitrogens with two attached hydrogens (primary N) is 1. The molecule has 2 rings (SSSR count). The van der Waals surface area contributed by atoms with Gasteiger partial charge in [-0.05, 0) is 24.6 Å². The van der Waals surface area contributed by atoms with Gasteiger partial charge in [-0.3, -0.25) is 4.79 Å². The van der Waals surface area contributed by atoms with Crippen molar-refractivity contribution in [1.82, 2.24) is 0 Å². The Labute approximate surface area is 103 Å². The third-order valence-electron chi connectivity index (χ3n) is 2.52. The largest absolute Gasteiger partial charge is 0.464 e. The molecule has 17 heavy (non-hydrogen) atoms. The van der Waals surface area contributed by atoms with Crippen molar-refractivity contribution in [1.29, 1.82) is 0 Å². The third kappa shape index (κ3) is 2.49. The molecule has 0 aliphatic rings. The van der Waals surface area contributed by atoms with Crippen LogP contribution in [-0.2, 0) is 6.42 Å². The van der Waals surface area contributed by atoms with Gasteiger partial charge in [0.15, 0.2) is 5.43 Å². The van der Waals surface area contributed by atoms with E-state index in [1.807, 2.05) is 0 Å². The molecule has 1 unspecified atom stereocenters. The highest BCUT2D eigenvalue weighted by molar-refractivity contribution is 6.31. The molecule has 1 atom stereocenters. The van der Waals surface area contributed by atoms with Gasteiger partial charge >= 0.3 is 0 Å². The first-order valence-electron chi connectivity index (χ1n) is 5.18. The molecule has 1 heterocycles. The Morgan fingerprint density at radius 2 is 2.24 bits per heavy atom. The first-order chi connectivity index (χ1) is 8.11. The lowest BCUT2D eigenvalue weighted by molar-refractivity contribution is 0.265. The average molecular weight is 254 g/mol. The quantitative estimate of drug-likeness (QED) is 0.865. The fraction of sp³-hybridized carbons (Fsp3) is 0.250. The summed E-state index contributed by atoms with van der Waals surface area (Å²) in [4.78, 5) is 12.1. The summed E-state index contributed by atoms with van der Waals surface area (Å²) in [6, 6.07) is 4.41. The predicted molar refractivity (Wildman–Crippen MR) is 66.3 cm³/mol. The fourth-order valence-electron chi connectivity index (χ4n) is 1.63. The first kappa shape index (κ1) is 12.1. The number of hydrogen-bond donors (Lipinski definition) is 2. The van der Waals surface area contributed by atoms with Crippen molar-refractivity contribution in [3.63, 3.8) is 0 Å². The van der Waals surface area contributed by atoms with Crippen LogP contribution in [0.2, 0.25) is 5.02 Å². The minimum absolute atomic E-state index is 0.155. The van der Waals surface area contributed by atoms with Gasteiger partial charge in [-0.25, -0.2) is 0 Å². The second kappa shape index (κ2) is 4.87. The van der Waals surface area contributed by atoms with Crippen molar-refractivity contribution in [3.05, 3.63) is 45.3 Å². The van der Waals surface area contributed by atoms with Crippen LogP contribution in [0.5, 0.6) is 0 Å². The van der Waals surface area contributed by atoms with Crippen molar-refractivity contribution in [2.24, 2.45) is 5.73 Å². The molecule has 3 N–H and O–H groups in total. The van der Waals surface area contributed by atoms with Crippen LogP contribution in [0.1, 0.15) is 5.56 Å². The second-order valence-corrected chi connectivity index (χ2v) is 4.31. The van der Waals surface area contributed by atoms with E-state index in [2.05, 4.69) is 0 Å². The van der Waals surface area contributed by atoms with Crippen LogP contribution in [0.15, 0.2) is 33.7 Å². The summed E-state index contributed by atoms with van der Waals surface area (Å²) in [6.45, 7) is -0.174. The zero-order chi connectivity index (χ0) is 12.4. The summed E-state index contributed by atoms with van der Waals surface area (Å²) in [6.07, 6.45) is 1.66. The highest BCUT2D eigenvalue weighted by Crippen LogP contribution is 2.17. The van der Waals surface area contributed by atoms with E-state index in [9.17, 15) is 4.79 Å². The highest BCUT2D eigenvalue weighted by atomic mass is 35.5. The molecule has 0 aliphatic carbocycles. The van der Waals surface area contributed by atoms with Crippen LogP contribution in [0, 0.1) is 0 Å². The summed E-state index contributed by atoms with van der Waals surface area (Å²) in [5.74, 6) is 0. The molecule has 90 valence electrons. The van der Waals surface area contributed by atoms with Gasteiger partial charge in [0.25, 0.3) is 0 Å². The lowest BCUT2D eigenvalue weighted by atomic mass is 10.1. The smallest absolute Gasteiger partial charge is 0.195 e. The van der Waals surface area contributed by atoms with Gasteiger partial charge in [0.1, 0.15) is 5.58 Å². The Morgan fingerprint density at radius 3 is 2.94 bits per heavy atom. The standard InChI is InChI=1S/C12H12ClNO3/c13-8-1-2-11-10(4-8)12(16)7(6-17-11)3-9(14)5-15/h1-2,4,6,9,15H,3,5,14H2. The molecule has 0 saturated carbocycles. The van der Waals surface area contributed by atoms with Gasteiger partial charge in [0.05, 0.1) is 18.3 Å². The normalized spacial score (nSPS) is 12.9. The van der Waals surface area contributed by atoms with E-state index >= 15 is 0 Å². The lowest BCUT2D eigenvalue weighted by Gasteiger charge is -2.07. The van der Waals surface area contributed by atoms with Crippen molar-refractivity contribution >= 4 is 22.6 Å². The maximum absolute atomic E-state index is 12.1. The van der Waals surface area contributed by atoms with Crippen LogP contribution in [0.4, 0.5) is 0 Å². The SMILES string of the molecule is NC(CO)Cc1coc2ccc(Cl)cc2c1=O. The minimum atomic E-state index is -0.463. The summed E-state index contributed by atoms with van der Waals surface area (Å²) in [5.41, 5.74) is 6.37. The number of halogens is 1. The summed E-state index contributed by atoms with van der Waals surface area (Å²) >= 11 is 5.83. The van der Waals surface area contributed by atoms with E-state index in [0.717, 1.165) is 0 Å². The van der Waals surface area contributed by atoms with E-state index in [1.54, 1.807) is 18.2 Å². The Hall–Kier alpha value is -1.36. The predicted octanol–water partition coefficient (Wildman–Crippen LogP) is 1.31. The molecule has 1 aromatic carbocycles. The number of aliphatic hydroxyl groups is 1. The molecule has 0 fully saturated rings. The van der Waals surface area contributed by atoms with Crippen molar-refractivity contribution in [2.75, 3.05) is 6.61 Å². The van der Waals surface area contributed by atoms with Crippen molar-refractivity contribution in [3.8, 4) is 0 Å². The Bertz CT molecular complexity index is 594. The van der Waals surface area contributed by atoms with Gasteiger partial charge in [0.2, 0.25) is 0 Å². The maximum Gasteiger partial charge on any atom is 0.195 e. The Kier molecular flexibility index (Phi) is 3.47. The maximum atomic E-state index is 12.1. The number of fused-ring (bicyclic) bond motifs is 1. The molecule has 0 bridgehead atoms. The first-order valence-corrected chi connectivity index (χ1v) is 5.56. The molecular weight excluding hydrogens is 242 g/mol. The van der Waals surface area contributed by atoms with E-state index in [-0.39, 0.29) is 18.5 Å². The lowest BCUT2D eigenvalue weighted by Crippen LogP contribution is -2.29. The van der Waals surface area contributed by atoms with Crippen molar-refractivity contribution < 1.29 is 9.52 Å². The van der Waals surface area contributed by atoms with E-state index in [4.69, 9.17) is 26.9 Å². The third-order valence-corrected chi connectivity index (χ3v) is 2.76. The highest BCUT2D eigenvalue weighted by Gasteiger charge is 2.10. The zero-order valence-electron chi connectivity index (χ0n) is 9.02. The van der Waals surface area contributed by atoms with Crippen LogP contribution < -0.4 is 11.2 Å². The molecule has 5 heteroatoms.